The first-order valence-corrected chi connectivity index (χ1v) is 12.8. The number of rotatable bonds is 6. The SMILES string of the molecule is Cc1cc(F)cc(-c2cccc3[nH]c(-c4n[nH]c5cnc(-c6cncc(OCc7ccccc7)c6)cc45)nc23)c1. The summed E-state index contributed by atoms with van der Waals surface area (Å²) in [6.07, 6.45) is 5.21. The molecule has 0 saturated carbocycles. The number of para-hydroxylation sites is 1. The van der Waals surface area contributed by atoms with Gasteiger partial charge in [-0.2, -0.15) is 5.10 Å². The van der Waals surface area contributed by atoms with E-state index in [2.05, 4.69) is 25.1 Å². The second kappa shape index (κ2) is 9.74. The lowest BCUT2D eigenvalue weighted by atomic mass is 10.0. The minimum atomic E-state index is -0.273. The van der Waals surface area contributed by atoms with E-state index >= 15 is 0 Å². The molecule has 0 atom stereocenters. The van der Waals surface area contributed by atoms with Gasteiger partial charge in [-0.25, -0.2) is 9.37 Å². The molecular formula is C32H23FN6O. The van der Waals surface area contributed by atoms with Gasteiger partial charge in [0.1, 0.15) is 23.9 Å². The lowest BCUT2D eigenvalue weighted by Crippen LogP contribution is -1.96. The van der Waals surface area contributed by atoms with Gasteiger partial charge in [0.2, 0.25) is 0 Å². The Bertz CT molecular complexity index is 1980. The van der Waals surface area contributed by atoms with E-state index in [9.17, 15) is 4.39 Å². The standard InChI is InChI=1S/C32H23FN6O/c1-19-10-21(12-23(33)11-19)25-8-5-9-27-30(25)37-32(36-27)31-26-14-28(35-17-29(26)38-39-31)22-13-24(16-34-15-22)40-18-20-6-3-2-4-7-20/h2-17H,18H2,1H3,(H,36,37)(H,38,39). The smallest absolute Gasteiger partial charge is 0.159 e. The highest BCUT2D eigenvalue weighted by atomic mass is 19.1. The van der Waals surface area contributed by atoms with Crippen LogP contribution in [0.25, 0.3) is 55.8 Å². The van der Waals surface area contributed by atoms with E-state index in [0.717, 1.165) is 55.4 Å². The van der Waals surface area contributed by atoms with Crippen LogP contribution in [-0.2, 0) is 6.61 Å². The van der Waals surface area contributed by atoms with Crippen molar-refractivity contribution in [2.24, 2.45) is 0 Å². The number of fused-ring (bicyclic) bond motifs is 2. The summed E-state index contributed by atoms with van der Waals surface area (Å²) >= 11 is 0. The molecule has 0 radical (unpaired) electrons. The van der Waals surface area contributed by atoms with Gasteiger partial charge in [-0.05, 0) is 53.9 Å². The number of benzene rings is 3. The second-order valence-electron chi connectivity index (χ2n) is 9.68. The van der Waals surface area contributed by atoms with Crippen LogP contribution >= 0.6 is 0 Å². The molecule has 3 aromatic carbocycles. The molecule has 4 aromatic heterocycles. The van der Waals surface area contributed by atoms with Gasteiger partial charge >= 0.3 is 0 Å². The summed E-state index contributed by atoms with van der Waals surface area (Å²) in [5, 5.41) is 8.47. The van der Waals surface area contributed by atoms with Crippen molar-refractivity contribution in [3.63, 3.8) is 0 Å². The molecule has 0 aliphatic rings. The molecule has 8 heteroatoms. The predicted octanol–water partition coefficient (Wildman–Crippen LogP) is 7.26. The molecule has 0 bridgehead atoms. The number of aromatic nitrogens is 6. The van der Waals surface area contributed by atoms with Crippen LogP contribution in [0.5, 0.6) is 5.75 Å². The van der Waals surface area contributed by atoms with Gasteiger partial charge in [-0.1, -0.05) is 48.5 Å². The van der Waals surface area contributed by atoms with Crippen molar-refractivity contribution in [3.05, 3.63) is 114 Å². The first kappa shape index (κ1) is 23.7. The summed E-state index contributed by atoms with van der Waals surface area (Å²) in [6, 6.07) is 24.7. The van der Waals surface area contributed by atoms with Crippen molar-refractivity contribution in [2.75, 3.05) is 0 Å². The van der Waals surface area contributed by atoms with Gasteiger partial charge < -0.3 is 9.72 Å². The molecule has 2 N–H and O–H groups in total. The van der Waals surface area contributed by atoms with Gasteiger partial charge in [0.15, 0.2) is 5.82 Å². The number of pyridine rings is 2. The van der Waals surface area contributed by atoms with E-state index in [1.165, 1.54) is 12.1 Å². The van der Waals surface area contributed by atoms with E-state index in [1.807, 2.05) is 73.7 Å². The predicted molar refractivity (Wildman–Crippen MR) is 153 cm³/mol. The Labute approximate surface area is 228 Å². The van der Waals surface area contributed by atoms with Crippen LogP contribution in [0.2, 0.25) is 0 Å². The Kier molecular flexibility index (Phi) is 5.78. The molecule has 0 spiro atoms. The van der Waals surface area contributed by atoms with Crippen molar-refractivity contribution in [3.8, 4) is 39.7 Å². The maximum absolute atomic E-state index is 14.2. The fraction of sp³-hybridized carbons (Fsp3) is 0.0625. The molecule has 4 heterocycles. The van der Waals surface area contributed by atoms with Gasteiger partial charge in [0.25, 0.3) is 0 Å². The number of hydrogen-bond donors (Lipinski definition) is 2. The zero-order valence-corrected chi connectivity index (χ0v) is 21.5. The lowest BCUT2D eigenvalue weighted by molar-refractivity contribution is 0.305. The summed E-state index contributed by atoms with van der Waals surface area (Å²) in [6.45, 7) is 2.33. The van der Waals surface area contributed by atoms with Crippen LogP contribution in [0.4, 0.5) is 4.39 Å². The maximum atomic E-state index is 14.2. The molecule has 0 aliphatic carbocycles. The highest BCUT2D eigenvalue weighted by Gasteiger charge is 2.17. The normalized spacial score (nSPS) is 11.3. The molecule has 0 amide bonds. The van der Waals surface area contributed by atoms with Crippen LogP contribution in [0.15, 0.2) is 97.5 Å². The van der Waals surface area contributed by atoms with Gasteiger partial charge in [0.05, 0.1) is 34.6 Å². The number of aryl methyl sites for hydroxylation is 1. The molecule has 0 saturated heterocycles. The number of aromatic amines is 2. The Morgan fingerprint density at radius 1 is 0.850 bits per heavy atom. The highest BCUT2D eigenvalue weighted by molar-refractivity contribution is 5.97. The van der Waals surface area contributed by atoms with E-state index in [-0.39, 0.29) is 5.82 Å². The Balaban J connectivity index is 1.25. The van der Waals surface area contributed by atoms with Crippen LogP contribution in [0, 0.1) is 12.7 Å². The fourth-order valence-electron chi connectivity index (χ4n) is 4.90. The monoisotopic (exact) mass is 526 g/mol. The van der Waals surface area contributed by atoms with Crippen LogP contribution in [0.3, 0.4) is 0 Å². The van der Waals surface area contributed by atoms with E-state index in [0.29, 0.717) is 23.9 Å². The zero-order chi connectivity index (χ0) is 27.1. The third-order valence-electron chi connectivity index (χ3n) is 6.79. The van der Waals surface area contributed by atoms with Crippen molar-refractivity contribution in [2.45, 2.75) is 13.5 Å². The molecule has 40 heavy (non-hydrogen) atoms. The summed E-state index contributed by atoms with van der Waals surface area (Å²) in [4.78, 5) is 17.3. The summed E-state index contributed by atoms with van der Waals surface area (Å²) < 4.78 is 20.1. The highest BCUT2D eigenvalue weighted by Crippen LogP contribution is 2.33. The average Bonchev–Trinajstić information content (AvgIpc) is 3.60. The van der Waals surface area contributed by atoms with Crippen molar-refractivity contribution >= 4 is 21.9 Å². The maximum Gasteiger partial charge on any atom is 0.159 e. The number of H-pyrrole nitrogens is 2. The van der Waals surface area contributed by atoms with E-state index in [1.54, 1.807) is 18.6 Å². The molecule has 7 nitrogen and oxygen atoms in total. The fourth-order valence-corrected chi connectivity index (χ4v) is 4.90. The topological polar surface area (TPSA) is 92.4 Å². The minimum Gasteiger partial charge on any atom is -0.487 e. The quantitative estimate of drug-likeness (QED) is 0.238. The molecule has 0 unspecified atom stereocenters. The van der Waals surface area contributed by atoms with Crippen molar-refractivity contribution < 1.29 is 9.13 Å². The van der Waals surface area contributed by atoms with E-state index in [4.69, 9.17) is 9.72 Å². The Morgan fingerprint density at radius 2 is 1.75 bits per heavy atom. The first-order chi connectivity index (χ1) is 19.6. The summed E-state index contributed by atoms with van der Waals surface area (Å²) in [7, 11) is 0. The number of nitrogens with one attached hydrogen (secondary N) is 2. The second-order valence-corrected chi connectivity index (χ2v) is 9.68. The number of hydrogen-bond acceptors (Lipinski definition) is 5. The average molecular weight is 527 g/mol. The third kappa shape index (κ3) is 4.45. The van der Waals surface area contributed by atoms with Gasteiger partial charge in [-0.3, -0.25) is 15.1 Å². The van der Waals surface area contributed by atoms with Crippen LogP contribution in [-0.4, -0.2) is 30.1 Å². The summed E-state index contributed by atoms with van der Waals surface area (Å²) in [5.74, 6) is 0.996. The Morgan fingerprint density at radius 3 is 2.62 bits per heavy atom. The van der Waals surface area contributed by atoms with E-state index < -0.39 is 0 Å². The largest absolute Gasteiger partial charge is 0.487 e. The number of imidazole rings is 1. The van der Waals surface area contributed by atoms with Gasteiger partial charge in [0, 0.05) is 22.7 Å². The molecule has 0 aliphatic heterocycles. The van der Waals surface area contributed by atoms with Gasteiger partial charge in [-0.15, -0.1) is 0 Å². The number of nitrogens with zero attached hydrogens (tertiary/aromatic N) is 4. The molecule has 7 rings (SSSR count). The molecule has 7 aromatic rings. The molecule has 0 fully saturated rings. The number of ether oxygens (including phenoxy) is 1. The molecule has 194 valence electrons. The minimum absolute atomic E-state index is 0.273. The first-order valence-electron chi connectivity index (χ1n) is 12.8. The van der Waals surface area contributed by atoms with Crippen LogP contribution < -0.4 is 4.74 Å². The lowest BCUT2D eigenvalue weighted by Gasteiger charge is -2.08. The zero-order valence-electron chi connectivity index (χ0n) is 21.5. The van der Waals surface area contributed by atoms with Crippen molar-refractivity contribution in [1.82, 2.24) is 30.1 Å². The summed E-state index contributed by atoms with van der Waals surface area (Å²) in [5.41, 5.74) is 8.16. The van der Waals surface area contributed by atoms with Crippen molar-refractivity contribution in [1.29, 1.82) is 0 Å². The third-order valence-corrected chi connectivity index (χ3v) is 6.79. The van der Waals surface area contributed by atoms with Crippen LogP contribution in [0.1, 0.15) is 11.1 Å². The number of halogens is 1. The Hall–Kier alpha value is -5.37. The molecular weight excluding hydrogens is 503 g/mol.